The molecule has 0 unspecified atom stereocenters. The summed E-state index contributed by atoms with van der Waals surface area (Å²) in [5.74, 6) is 0. The standard InChI is InChI=1S/C11H16N4S/c1-2-3-11-14-10(7-16-11)6-15-5-9(4-12)13-8-15/h5,7-8H,2-4,6,12H2,1H3. The lowest BCUT2D eigenvalue weighted by Gasteiger charge is -1.97. The van der Waals surface area contributed by atoms with E-state index in [-0.39, 0.29) is 0 Å². The molecule has 0 bridgehead atoms. The predicted molar refractivity (Wildman–Crippen MR) is 65.3 cm³/mol. The van der Waals surface area contributed by atoms with E-state index < -0.39 is 0 Å². The monoisotopic (exact) mass is 236 g/mol. The molecule has 0 atom stereocenters. The summed E-state index contributed by atoms with van der Waals surface area (Å²) < 4.78 is 2.02. The van der Waals surface area contributed by atoms with Crippen molar-refractivity contribution >= 4 is 11.3 Å². The van der Waals surface area contributed by atoms with Crippen molar-refractivity contribution in [2.45, 2.75) is 32.9 Å². The van der Waals surface area contributed by atoms with Crippen LogP contribution >= 0.6 is 11.3 Å². The summed E-state index contributed by atoms with van der Waals surface area (Å²) in [4.78, 5) is 8.76. The van der Waals surface area contributed by atoms with Crippen molar-refractivity contribution in [2.24, 2.45) is 5.73 Å². The van der Waals surface area contributed by atoms with Gasteiger partial charge in [0.2, 0.25) is 0 Å². The number of aryl methyl sites for hydroxylation is 1. The zero-order chi connectivity index (χ0) is 11.4. The van der Waals surface area contributed by atoms with E-state index in [9.17, 15) is 0 Å². The molecule has 2 aromatic heterocycles. The van der Waals surface area contributed by atoms with Crippen molar-refractivity contribution < 1.29 is 0 Å². The number of nitrogens with two attached hydrogens (primary N) is 1. The zero-order valence-electron chi connectivity index (χ0n) is 9.39. The molecule has 0 saturated heterocycles. The molecule has 0 aromatic carbocycles. The minimum atomic E-state index is 0.491. The van der Waals surface area contributed by atoms with Gasteiger partial charge in [-0.25, -0.2) is 9.97 Å². The Kier molecular flexibility index (Phi) is 3.69. The number of hydrogen-bond acceptors (Lipinski definition) is 4. The predicted octanol–water partition coefficient (Wildman–Crippen LogP) is 1.80. The lowest BCUT2D eigenvalue weighted by Crippen LogP contribution is -1.98. The highest BCUT2D eigenvalue weighted by molar-refractivity contribution is 7.09. The van der Waals surface area contributed by atoms with Gasteiger partial charge in [-0.15, -0.1) is 11.3 Å². The van der Waals surface area contributed by atoms with E-state index in [0.29, 0.717) is 6.54 Å². The van der Waals surface area contributed by atoms with Crippen molar-refractivity contribution in [3.05, 3.63) is 34.3 Å². The molecule has 2 rings (SSSR count). The van der Waals surface area contributed by atoms with Crippen molar-refractivity contribution in [2.75, 3.05) is 0 Å². The van der Waals surface area contributed by atoms with Crippen molar-refractivity contribution in [1.82, 2.24) is 14.5 Å². The second kappa shape index (κ2) is 5.23. The Morgan fingerprint density at radius 2 is 2.31 bits per heavy atom. The quantitative estimate of drug-likeness (QED) is 0.861. The minimum Gasteiger partial charge on any atom is -0.331 e. The van der Waals surface area contributed by atoms with Gasteiger partial charge in [0.25, 0.3) is 0 Å². The van der Waals surface area contributed by atoms with Gasteiger partial charge in [0.1, 0.15) is 0 Å². The molecule has 4 nitrogen and oxygen atoms in total. The van der Waals surface area contributed by atoms with Crippen LogP contribution in [0.15, 0.2) is 17.9 Å². The molecule has 0 spiro atoms. The van der Waals surface area contributed by atoms with Crippen LogP contribution in [0.1, 0.15) is 29.7 Å². The fraction of sp³-hybridized carbons (Fsp3) is 0.455. The van der Waals surface area contributed by atoms with Crippen LogP contribution in [0.25, 0.3) is 0 Å². The first-order valence-electron chi connectivity index (χ1n) is 5.45. The maximum atomic E-state index is 5.51. The fourth-order valence-corrected chi connectivity index (χ4v) is 2.43. The maximum Gasteiger partial charge on any atom is 0.0953 e. The number of imidazole rings is 1. The highest BCUT2D eigenvalue weighted by Gasteiger charge is 2.03. The van der Waals surface area contributed by atoms with Crippen LogP contribution in [0.2, 0.25) is 0 Å². The second-order valence-electron chi connectivity index (χ2n) is 3.72. The van der Waals surface area contributed by atoms with E-state index in [2.05, 4.69) is 22.3 Å². The Balaban J connectivity index is 2.02. The molecular formula is C11H16N4S. The first-order chi connectivity index (χ1) is 7.81. The zero-order valence-corrected chi connectivity index (χ0v) is 10.2. The summed E-state index contributed by atoms with van der Waals surface area (Å²) in [7, 11) is 0. The molecule has 2 aromatic rings. The average molecular weight is 236 g/mol. The highest BCUT2D eigenvalue weighted by Crippen LogP contribution is 2.12. The number of rotatable bonds is 5. The van der Waals surface area contributed by atoms with Gasteiger partial charge in [0, 0.05) is 18.1 Å². The summed E-state index contributed by atoms with van der Waals surface area (Å²) in [6.45, 7) is 3.45. The van der Waals surface area contributed by atoms with Gasteiger partial charge in [-0.05, 0) is 12.8 Å². The smallest absolute Gasteiger partial charge is 0.0953 e. The molecule has 5 heteroatoms. The van der Waals surface area contributed by atoms with Gasteiger partial charge in [-0.3, -0.25) is 0 Å². The number of hydrogen-bond donors (Lipinski definition) is 1. The molecule has 0 aliphatic carbocycles. The molecule has 0 radical (unpaired) electrons. The van der Waals surface area contributed by atoms with Gasteiger partial charge in [0.15, 0.2) is 0 Å². The van der Waals surface area contributed by atoms with Crippen molar-refractivity contribution in [3.8, 4) is 0 Å². The molecule has 2 N–H and O–H groups in total. The van der Waals surface area contributed by atoms with Gasteiger partial charge in [-0.1, -0.05) is 6.92 Å². The Hall–Kier alpha value is -1.20. The number of nitrogens with zero attached hydrogens (tertiary/aromatic N) is 3. The largest absolute Gasteiger partial charge is 0.331 e. The number of thiazole rings is 1. The van der Waals surface area contributed by atoms with Crippen LogP contribution in [0.4, 0.5) is 0 Å². The third-order valence-corrected chi connectivity index (χ3v) is 3.26. The van der Waals surface area contributed by atoms with Crippen molar-refractivity contribution in [1.29, 1.82) is 0 Å². The first-order valence-corrected chi connectivity index (χ1v) is 6.33. The van der Waals surface area contributed by atoms with Crippen LogP contribution in [0, 0.1) is 0 Å². The maximum absolute atomic E-state index is 5.51. The van der Waals surface area contributed by atoms with E-state index in [1.165, 1.54) is 5.01 Å². The average Bonchev–Trinajstić information content (AvgIpc) is 2.89. The molecule has 86 valence electrons. The second-order valence-corrected chi connectivity index (χ2v) is 4.67. The Bertz CT molecular complexity index is 446. The van der Waals surface area contributed by atoms with Gasteiger partial charge in [0.05, 0.1) is 29.3 Å². The van der Waals surface area contributed by atoms with Gasteiger partial charge in [-0.2, -0.15) is 0 Å². The topological polar surface area (TPSA) is 56.7 Å². The lowest BCUT2D eigenvalue weighted by atomic mass is 10.3. The summed E-state index contributed by atoms with van der Waals surface area (Å²) in [6, 6.07) is 0. The number of aromatic nitrogens is 3. The molecule has 0 fully saturated rings. The van der Waals surface area contributed by atoms with Crippen LogP contribution < -0.4 is 5.73 Å². The third kappa shape index (κ3) is 2.68. The SMILES string of the molecule is CCCc1nc(Cn2cnc(CN)c2)cs1. The minimum absolute atomic E-state index is 0.491. The van der Waals surface area contributed by atoms with Gasteiger partial charge >= 0.3 is 0 Å². The van der Waals surface area contributed by atoms with Crippen LogP contribution in [0.3, 0.4) is 0 Å². The summed E-state index contributed by atoms with van der Waals surface area (Å²) >= 11 is 1.74. The van der Waals surface area contributed by atoms with E-state index in [4.69, 9.17) is 5.73 Å². The third-order valence-electron chi connectivity index (χ3n) is 2.30. The van der Waals surface area contributed by atoms with E-state index in [0.717, 1.165) is 30.8 Å². The molecule has 0 saturated carbocycles. The van der Waals surface area contributed by atoms with Crippen LogP contribution in [0.5, 0.6) is 0 Å². The Morgan fingerprint density at radius 3 is 3.00 bits per heavy atom. The fourth-order valence-electron chi connectivity index (χ4n) is 1.54. The van der Waals surface area contributed by atoms with E-state index in [1.807, 2.05) is 10.8 Å². The van der Waals surface area contributed by atoms with Crippen LogP contribution in [-0.2, 0) is 19.5 Å². The Labute approximate surface area is 99.2 Å². The molecule has 0 aliphatic rings. The normalized spacial score (nSPS) is 10.9. The lowest BCUT2D eigenvalue weighted by molar-refractivity contribution is 0.769. The molecule has 0 aliphatic heterocycles. The Morgan fingerprint density at radius 1 is 1.44 bits per heavy atom. The first kappa shape index (κ1) is 11.3. The molecule has 16 heavy (non-hydrogen) atoms. The van der Waals surface area contributed by atoms with Crippen molar-refractivity contribution in [3.63, 3.8) is 0 Å². The summed E-state index contributed by atoms with van der Waals surface area (Å²) in [5.41, 5.74) is 7.54. The molecule has 2 heterocycles. The van der Waals surface area contributed by atoms with Crippen LogP contribution in [-0.4, -0.2) is 14.5 Å². The van der Waals surface area contributed by atoms with Gasteiger partial charge < -0.3 is 10.3 Å². The highest BCUT2D eigenvalue weighted by atomic mass is 32.1. The molecular weight excluding hydrogens is 220 g/mol. The summed E-state index contributed by atoms with van der Waals surface area (Å²) in [6.07, 6.45) is 6.00. The summed E-state index contributed by atoms with van der Waals surface area (Å²) in [5, 5.41) is 3.34. The van der Waals surface area contributed by atoms with E-state index >= 15 is 0 Å². The molecule has 0 amide bonds. The van der Waals surface area contributed by atoms with E-state index in [1.54, 1.807) is 17.7 Å².